The van der Waals surface area contributed by atoms with Gasteiger partial charge < -0.3 is 4.90 Å². The number of ketones is 2. The summed E-state index contributed by atoms with van der Waals surface area (Å²) in [6.07, 6.45) is 5.82. The minimum atomic E-state index is -0.674. The Morgan fingerprint density at radius 2 is 1.71 bits per heavy atom. The van der Waals surface area contributed by atoms with Crippen molar-refractivity contribution in [1.82, 2.24) is 4.90 Å². The van der Waals surface area contributed by atoms with Crippen LogP contribution in [0.3, 0.4) is 0 Å². The molecule has 1 spiro atoms. The van der Waals surface area contributed by atoms with Crippen molar-refractivity contribution in [3.8, 4) is 11.8 Å². The molecule has 0 N–H and O–H groups in total. The van der Waals surface area contributed by atoms with Gasteiger partial charge >= 0.3 is 0 Å². The van der Waals surface area contributed by atoms with Gasteiger partial charge in [-0.25, -0.2) is 0 Å². The molecule has 31 heavy (non-hydrogen) atoms. The Balaban J connectivity index is 1.50. The number of likely N-dealkylation sites (tertiary alicyclic amines) is 1. The summed E-state index contributed by atoms with van der Waals surface area (Å²) in [5.41, 5.74) is 3.85. The van der Waals surface area contributed by atoms with Crippen molar-refractivity contribution in [2.75, 3.05) is 19.6 Å². The Morgan fingerprint density at radius 1 is 1.10 bits per heavy atom. The van der Waals surface area contributed by atoms with Gasteiger partial charge in [-0.3, -0.25) is 19.4 Å². The van der Waals surface area contributed by atoms with Crippen LogP contribution in [0, 0.1) is 31.1 Å². The fourth-order valence-corrected chi connectivity index (χ4v) is 5.36. The Morgan fingerprint density at radius 3 is 2.23 bits per heavy atom. The third kappa shape index (κ3) is 3.99. The molecule has 2 aliphatic heterocycles. The number of aliphatic imine (C=N–C) groups is 1. The van der Waals surface area contributed by atoms with Crippen LogP contribution in [0.4, 0.5) is 0 Å². The minimum Gasteiger partial charge on any atom is -0.337 e. The lowest BCUT2D eigenvalue weighted by molar-refractivity contribution is -0.139. The highest BCUT2D eigenvalue weighted by molar-refractivity contribution is 6.43. The maximum Gasteiger partial charge on any atom is 0.271 e. The number of benzene rings is 1. The summed E-state index contributed by atoms with van der Waals surface area (Å²) in [5.74, 6) is 5.27. The van der Waals surface area contributed by atoms with Gasteiger partial charge in [-0.2, -0.15) is 0 Å². The van der Waals surface area contributed by atoms with Gasteiger partial charge in [0.1, 0.15) is 23.2 Å². The first-order valence-corrected chi connectivity index (χ1v) is 10.9. The number of carbonyl (C=O) groups excluding carboxylic acids is 3. The van der Waals surface area contributed by atoms with E-state index in [1.165, 1.54) is 0 Å². The monoisotopic (exact) mass is 416 g/mol. The summed E-state index contributed by atoms with van der Waals surface area (Å²) in [6.45, 7) is 7.41. The van der Waals surface area contributed by atoms with Gasteiger partial charge in [0.15, 0.2) is 0 Å². The molecule has 0 atom stereocenters. The van der Waals surface area contributed by atoms with Crippen LogP contribution in [0.15, 0.2) is 29.3 Å². The van der Waals surface area contributed by atoms with Crippen molar-refractivity contribution in [3.63, 3.8) is 0 Å². The first kappa shape index (κ1) is 21.2. The first-order chi connectivity index (χ1) is 14.8. The Hall–Kier alpha value is -3.00. The SMILES string of the molecule is CC#Cc1cc(C)c(C2C(=O)CC3(CCN(C(=O)C4=NCC=C4)CC3)CC2=O)c(C)c1. The van der Waals surface area contributed by atoms with E-state index in [-0.39, 0.29) is 22.9 Å². The van der Waals surface area contributed by atoms with E-state index in [1.807, 2.05) is 37.0 Å². The molecule has 3 aliphatic rings. The smallest absolute Gasteiger partial charge is 0.271 e. The number of hydrogen-bond donors (Lipinski definition) is 0. The van der Waals surface area contributed by atoms with Crippen LogP contribution >= 0.6 is 0 Å². The summed E-state index contributed by atoms with van der Waals surface area (Å²) in [6, 6.07) is 3.93. The fourth-order valence-electron chi connectivity index (χ4n) is 5.36. The van der Waals surface area contributed by atoms with Gasteiger partial charge in [0.05, 0.1) is 6.54 Å². The van der Waals surface area contributed by atoms with Gasteiger partial charge in [-0.1, -0.05) is 12.0 Å². The summed E-state index contributed by atoms with van der Waals surface area (Å²) < 4.78 is 0. The van der Waals surface area contributed by atoms with Crippen molar-refractivity contribution < 1.29 is 14.4 Å². The lowest BCUT2D eigenvalue weighted by Crippen LogP contribution is -2.49. The number of aryl methyl sites for hydroxylation is 2. The standard InChI is InChI=1S/C26H28N2O3/c1-4-6-19-13-17(2)23(18(3)14-19)24-21(29)15-26(16-22(24)30)8-11-28(12-9-26)25(31)20-7-5-10-27-20/h5,7,13-14,24H,8-12,15-16H2,1-3H3. The molecule has 5 nitrogen and oxygen atoms in total. The maximum atomic E-state index is 13.3. The zero-order valence-corrected chi connectivity index (χ0v) is 18.5. The van der Waals surface area contributed by atoms with E-state index < -0.39 is 5.92 Å². The molecule has 0 bridgehead atoms. The van der Waals surface area contributed by atoms with Gasteiger partial charge in [-0.15, -0.1) is 5.92 Å². The number of amides is 1. The number of Topliss-reactive ketones (excluding diaryl/α,β-unsaturated/α-hetero) is 2. The fraction of sp³-hybridized carbons (Fsp3) is 0.462. The summed E-state index contributed by atoms with van der Waals surface area (Å²) in [7, 11) is 0. The van der Waals surface area contributed by atoms with E-state index in [1.54, 1.807) is 13.0 Å². The molecular weight excluding hydrogens is 388 g/mol. The summed E-state index contributed by atoms with van der Waals surface area (Å²) in [4.78, 5) is 45.1. The molecule has 160 valence electrons. The molecule has 1 aromatic carbocycles. The van der Waals surface area contributed by atoms with Crippen LogP contribution in [0.5, 0.6) is 0 Å². The number of hydrogen-bond acceptors (Lipinski definition) is 4. The third-order valence-corrected chi connectivity index (χ3v) is 6.87. The first-order valence-electron chi connectivity index (χ1n) is 10.9. The highest BCUT2D eigenvalue weighted by atomic mass is 16.2. The predicted octanol–water partition coefficient (Wildman–Crippen LogP) is 3.31. The zero-order valence-electron chi connectivity index (χ0n) is 18.5. The molecule has 1 saturated carbocycles. The second-order valence-corrected chi connectivity index (χ2v) is 9.04. The van der Waals surface area contributed by atoms with E-state index in [2.05, 4.69) is 16.8 Å². The van der Waals surface area contributed by atoms with Gasteiger partial charge in [0, 0.05) is 31.5 Å². The van der Waals surface area contributed by atoms with Gasteiger partial charge in [-0.05, 0) is 73.9 Å². The molecule has 1 amide bonds. The van der Waals surface area contributed by atoms with E-state index in [4.69, 9.17) is 0 Å². The molecule has 0 aromatic heterocycles. The number of nitrogens with zero attached hydrogens (tertiary/aromatic N) is 2. The minimum absolute atomic E-state index is 0.0136. The van der Waals surface area contributed by atoms with Crippen LogP contribution in [0.1, 0.15) is 60.8 Å². The van der Waals surface area contributed by atoms with Crippen molar-refractivity contribution in [2.24, 2.45) is 10.4 Å². The van der Waals surface area contributed by atoms with Crippen LogP contribution in [-0.4, -0.2) is 47.7 Å². The Kier molecular flexibility index (Phi) is 5.66. The normalized spacial score (nSPS) is 20.6. The second-order valence-electron chi connectivity index (χ2n) is 9.04. The molecule has 1 aliphatic carbocycles. The van der Waals surface area contributed by atoms with Gasteiger partial charge in [0.2, 0.25) is 0 Å². The molecule has 2 heterocycles. The topological polar surface area (TPSA) is 66.8 Å². The van der Waals surface area contributed by atoms with Crippen molar-refractivity contribution in [1.29, 1.82) is 0 Å². The van der Waals surface area contributed by atoms with E-state index in [9.17, 15) is 14.4 Å². The predicted molar refractivity (Wildman–Crippen MR) is 120 cm³/mol. The van der Waals surface area contributed by atoms with Crippen LogP contribution in [0.25, 0.3) is 0 Å². The van der Waals surface area contributed by atoms with E-state index in [0.29, 0.717) is 51.0 Å². The average molecular weight is 417 g/mol. The largest absolute Gasteiger partial charge is 0.337 e. The van der Waals surface area contributed by atoms with Crippen LogP contribution < -0.4 is 0 Å². The van der Waals surface area contributed by atoms with E-state index in [0.717, 1.165) is 22.3 Å². The number of rotatable bonds is 2. The zero-order chi connectivity index (χ0) is 22.2. The molecule has 0 unspecified atom stereocenters. The van der Waals surface area contributed by atoms with Crippen molar-refractivity contribution in [2.45, 2.75) is 52.4 Å². The lowest BCUT2D eigenvalue weighted by atomic mass is 9.62. The summed E-state index contributed by atoms with van der Waals surface area (Å²) in [5, 5.41) is 0. The quantitative estimate of drug-likeness (QED) is 0.549. The average Bonchev–Trinajstić information content (AvgIpc) is 3.25. The van der Waals surface area contributed by atoms with Crippen molar-refractivity contribution in [3.05, 3.63) is 46.5 Å². The second kappa shape index (κ2) is 8.26. The third-order valence-electron chi connectivity index (χ3n) is 6.87. The molecule has 5 heteroatoms. The molecule has 1 saturated heterocycles. The van der Waals surface area contributed by atoms with Gasteiger partial charge in [0.25, 0.3) is 5.91 Å². The Labute approximate surface area is 183 Å². The summed E-state index contributed by atoms with van der Waals surface area (Å²) >= 11 is 0. The molecule has 0 radical (unpaired) electrons. The molecular formula is C26H28N2O3. The Bertz CT molecular complexity index is 1030. The molecule has 2 fully saturated rings. The number of carbonyl (C=O) groups is 3. The molecule has 4 rings (SSSR count). The van der Waals surface area contributed by atoms with Crippen molar-refractivity contribution >= 4 is 23.2 Å². The van der Waals surface area contributed by atoms with E-state index >= 15 is 0 Å². The highest BCUT2D eigenvalue weighted by Crippen LogP contribution is 2.46. The lowest BCUT2D eigenvalue weighted by Gasteiger charge is -2.44. The van der Waals surface area contributed by atoms with Crippen LogP contribution in [0.2, 0.25) is 0 Å². The molecule has 1 aromatic rings. The maximum absolute atomic E-state index is 13.3. The number of piperidine rings is 1. The van der Waals surface area contributed by atoms with Crippen LogP contribution in [-0.2, 0) is 14.4 Å². The highest BCUT2D eigenvalue weighted by Gasteiger charge is 2.48.